The second-order valence-corrected chi connectivity index (χ2v) is 4.97. The van der Waals surface area contributed by atoms with Gasteiger partial charge in [-0.1, -0.05) is 37.3 Å². The Morgan fingerprint density at radius 2 is 2.00 bits per heavy atom. The van der Waals surface area contributed by atoms with Crippen molar-refractivity contribution in [1.82, 2.24) is 10.3 Å². The number of hydrogen-bond donors (Lipinski definition) is 2. The smallest absolute Gasteiger partial charge is 0.253 e. The summed E-state index contributed by atoms with van der Waals surface area (Å²) < 4.78 is 0. The fraction of sp³-hybridized carbons (Fsp3) is 0.294. The first-order chi connectivity index (χ1) is 10.2. The summed E-state index contributed by atoms with van der Waals surface area (Å²) in [4.78, 5) is 16.3. The Morgan fingerprint density at radius 1 is 1.24 bits per heavy atom. The SMILES string of the molecule is CCNc1cnccc1C(=O)NCC(C)c1ccccc1. The number of anilines is 1. The van der Waals surface area contributed by atoms with E-state index in [2.05, 4.69) is 34.7 Å². The molecule has 0 aliphatic carbocycles. The summed E-state index contributed by atoms with van der Waals surface area (Å²) in [5, 5.41) is 6.14. The van der Waals surface area contributed by atoms with Crippen LogP contribution in [0.1, 0.15) is 35.7 Å². The molecular formula is C17H21N3O. The molecule has 2 aromatic rings. The van der Waals surface area contributed by atoms with Crippen LogP contribution in [0, 0.1) is 0 Å². The van der Waals surface area contributed by atoms with Gasteiger partial charge in [0.2, 0.25) is 0 Å². The Labute approximate surface area is 125 Å². The maximum atomic E-state index is 12.3. The number of amides is 1. The third-order valence-electron chi connectivity index (χ3n) is 3.37. The van der Waals surface area contributed by atoms with Crippen LogP contribution < -0.4 is 10.6 Å². The van der Waals surface area contributed by atoms with Crippen LogP contribution in [0.15, 0.2) is 48.8 Å². The second-order valence-electron chi connectivity index (χ2n) is 4.97. The van der Waals surface area contributed by atoms with Crippen molar-refractivity contribution in [3.8, 4) is 0 Å². The van der Waals surface area contributed by atoms with Gasteiger partial charge >= 0.3 is 0 Å². The predicted molar refractivity (Wildman–Crippen MR) is 85.6 cm³/mol. The number of carbonyl (C=O) groups is 1. The van der Waals surface area contributed by atoms with Crippen molar-refractivity contribution in [2.24, 2.45) is 0 Å². The van der Waals surface area contributed by atoms with E-state index in [1.807, 2.05) is 25.1 Å². The summed E-state index contributed by atoms with van der Waals surface area (Å²) in [6, 6.07) is 11.9. The maximum Gasteiger partial charge on any atom is 0.253 e. The lowest BCUT2D eigenvalue weighted by Gasteiger charge is -2.14. The Morgan fingerprint density at radius 3 is 2.71 bits per heavy atom. The fourth-order valence-corrected chi connectivity index (χ4v) is 2.16. The molecule has 2 N–H and O–H groups in total. The van der Waals surface area contributed by atoms with Gasteiger partial charge in [0, 0.05) is 19.3 Å². The molecule has 0 radical (unpaired) electrons. The third kappa shape index (κ3) is 4.05. The van der Waals surface area contributed by atoms with Gasteiger partial charge in [-0.05, 0) is 24.5 Å². The van der Waals surface area contributed by atoms with Gasteiger partial charge in [0.25, 0.3) is 5.91 Å². The number of aromatic nitrogens is 1. The van der Waals surface area contributed by atoms with Crippen molar-refractivity contribution in [3.05, 3.63) is 59.9 Å². The monoisotopic (exact) mass is 283 g/mol. The molecule has 1 atom stereocenters. The summed E-state index contributed by atoms with van der Waals surface area (Å²) in [5.74, 6) is 0.204. The van der Waals surface area contributed by atoms with Gasteiger partial charge in [-0.2, -0.15) is 0 Å². The van der Waals surface area contributed by atoms with Crippen LogP contribution in [0.25, 0.3) is 0 Å². The number of carbonyl (C=O) groups excluding carboxylic acids is 1. The molecule has 1 amide bonds. The summed E-state index contributed by atoms with van der Waals surface area (Å²) in [6.45, 7) is 5.46. The van der Waals surface area contributed by atoms with Crippen LogP contribution in [-0.4, -0.2) is 24.0 Å². The first-order valence-corrected chi connectivity index (χ1v) is 7.23. The number of pyridine rings is 1. The summed E-state index contributed by atoms with van der Waals surface area (Å²) >= 11 is 0. The molecule has 4 nitrogen and oxygen atoms in total. The number of rotatable bonds is 6. The van der Waals surface area contributed by atoms with E-state index in [0.717, 1.165) is 12.2 Å². The van der Waals surface area contributed by atoms with Gasteiger partial charge in [-0.15, -0.1) is 0 Å². The molecule has 1 aromatic heterocycles. The summed E-state index contributed by atoms with van der Waals surface area (Å²) in [7, 11) is 0. The lowest BCUT2D eigenvalue weighted by molar-refractivity contribution is 0.0952. The molecule has 110 valence electrons. The summed E-state index contributed by atoms with van der Waals surface area (Å²) in [6.07, 6.45) is 3.31. The normalized spacial score (nSPS) is 11.7. The van der Waals surface area contributed by atoms with Crippen LogP contribution in [0.2, 0.25) is 0 Å². The van der Waals surface area contributed by atoms with Crippen molar-refractivity contribution >= 4 is 11.6 Å². The lowest BCUT2D eigenvalue weighted by atomic mass is 10.0. The number of nitrogens with zero attached hydrogens (tertiary/aromatic N) is 1. The van der Waals surface area contributed by atoms with Crippen molar-refractivity contribution in [2.45, 2.75) is 19.8 Å². The molecule has 0 saturated heterocycles. The Hall–Kier alpha value is -2.36. The van der Waals surface area contributed by atoms with Crippen LogP contribution in [0.5, 0.6) is 0 Å². The first kappa shape index (κ1) is 15.0. The molecule has 1 aromatic carbocycles. The van der Waals surface area contributed by atoms with E-state index >= 15 is 0 Å². The van der Waals surface area contributed by atoms with E-state index in [9.17, 15) is 4.79 Å². The van der Waals surface area contributed by atoms with Crippen molar-refractivity contribution in [2.75, 3.05) is 18.4 Å². The van der Waals surface area contributed by atoms with Gasteiger partial charge in [0.05, 0.1) is 17.4 Å². The van der Waals surface area contributed by atoms with Crippen molar-refractivity contribution < 1.29 is 4.79 Å². The molecule has 4 heteroatoms. The van der Waals surface area contributed by atoms with Crippen LogP contribution >= 0.6 is 0 Å². The predicted octanol–water partition coefficient (Wildman–Crippen LogP) is 3.05. The quantitative estimate of drug-likeness (QED) is 0.856. The molecule has 0 aliphatic heterocycles. The Balaban J connectivity index is 1.99. The minimum atomic E-state index is -0.0730. The maximum absolute atomic E-state index is 12.3. The van der Waals surface area contributed by atoms with E-state index in [-0.39, 0.29) is 11.8 Å². The molecule has 1 heterocycles. The van der Waals surface area contributed by atoms with Gasteiger partial charge < -0.3 is 10.6 Å². The average molecular weight is 283 g/mol. The molecule has 1 unspecified atom stereocenters. The van der Waals surface area contributed by atoms with E-state index < -0.39 is 0 Å². The molecule has 0 bridgehead atoms. The highest BCUT2D eigenvalue weighted by molar-refractivity contribution is 5.99. The van der Waals surface area contributed by atoms with Gasteiger partial charge in [0.15, 0.2) is 0 Å². The molecule has 0 fully saturated rings. The number of benzene rings is 1. The minimum Gasteiger partial charge on any atom is -0.383 e. The van der Waals surface area contributed by atoms with E-state index in [0.29, 0.717) is 12.1 Å². The van der Waals surface area contributed by atoms with E-state index in [1.54, 1.807) is 18.5 Å². The van der Waals surface area contributed by atoms with Gasteiger partial charge in [-0.25, -0.2) is 0 Å². The van der Waals surface area contributed by atoms with Gasteiger partial charge in [-0.3, -0.25) is 9.78 Å². The van der Waals surface area contributed by atoms with Crippen LogP contribution in [0.4, 0.5) is 5.69 Å². The largest absolute Gasteiger partial charge is 0.383 e. The zero-order valence-corrected chi connectivity index (χ0v) is 12.5. The first-order valence-electron chi connectivity index (χ1n) is 7.23. The number of nitrogens with one attached hydrogen (secondary N) is 2. The Bertz CT molecular complexity index is 584. The van der Waals surface area contributed by atoms with Gasteiger partial charge in [0.1, 0.15) is 0 Å². The van der Waals surface area contributed by atoms with Crippen LogP contribution in [-0.2, 0) is 0 Å². The lowest BCUT2D eigenvalue weighted by Crippen LogP contribution is -2.28. The highest BCUT2D eigenvalue weighted by Gasteiger charge is 2.12. The van der Waals surface area contributed by atoms with Crippen molar-refractivity contribution in [1.29, 1.82) is 0 Å². The highest BCUT2D eigenvalue weighted by Crippen LogP contribution is 2.15. The molecular weight excluding hydrogens is 262 g/mol. The standard InChI is InChI=1S/C17H21N3O/c1-3-19-16-12-18-10-9-15(16)17(21)20-11-13(2)14-7-5-4-6-8-14/h4-10,12-13,19H,3,11H2,1-2H3,(H,20,21). The summed E-state index contributed by atoms with van der Waals surface area (Å²) in [5.41, 5.74) is 2.62. The topological polar surface area (TPSA) is 54.0 Å². The zero-order valence-electron chi connectivity index (χ0n) is 12.5. The third-order valence-corrected chi connectivity index (χ3v) is 3.37. The molecule has 2 rings (SSSR count). The minimum absolute atomic E-state index is 0.0730. The van der Waals surface area contributed by atoms with E-state index in [1.165, 1.54) is 5.56 Å². The highest BCUT2D eigenvalue weighted by atomic mass is 16.1. The zero-order chi connectivity index (χ0) is 15.1. The molecule has 0 aliphatic rings. The fourth-order valence-electron chi connectivity index (χ4n) is 2.16. The second kappa shape index (κ2) is 7.43. The van der Waals surface area contributed by atoms with E-state index in [4.69, 9.17) is 0 Å². The molecule has 21 heavy (non-hydrogen) atoms. The van der Waals surface area contributed by atoms with Crippen LogP contribution in [0.3, 0.4) is 0 Å². The molecule has 0 saturated carbocycles. The Kier molecular flexibility index (Phi) is 5.32. The average Bonchev–Trinajstić information content (AvgIpc) is 2.54. The molecule has 0 spiro atoms. The van der Waals surface area contributed by atoms with Crippen molar-refractivity contribution in [3.63, 3.8) is 0 Å². The number of hydrogen-bond acceptors (Lipinski definition) is 3.